The predicted octanol–water partition coefficient (Wildman–Crippen LogP) is -5.36. The van der Waals surface area contributed by atoms with Gasteiger partial charge in [-0.05, 0) is 46.2 Å². The van der Waals surface area contributed by atoms with Crippen molar-refractivity contribution in [2.45, 2.75) is 0 Å². The van der Waals surface area contributed by atoms with Gasteiger partial charge in [-0.1, -0.05) is 0 Å². The van der Waals surface area contributed by atoms with Crippen LogP contribution in [-0.2, 0) is 39.0 Å². The van der Waals surface area contributed by atoms with E-state index >= 15 is 0 Å². The zero-order valence-corrected chi connectivity index (χ0v) is 18.9. The first-order valence-electron chi connectivity index (χ1n) is 5.69. The number of fused-ring (bicyclic) bond motifs is 1. The first kappa shape index (κ1) is 28.5. The Labute approximate surface area is 170 Å². The van der Waals surface area contributed by atoms with Crippen LogP contribution in [0.5, 0.6) is 0 Å². The van der Waals surface area contributed by atoms with Gasteiger partial charge in [-0.15, -0.1) is 0 Å². The molecule has 2 aromatic rings. The monoisotopic (exact) mass is 464 g/mol. The maximum Gasteiger partial charge on any atom is 2.00 e. The SMILES string of the molecule is O.O.O=C([O-])c1cc(C(=O)[O-])c2cc(C(=O)[O-])cc(C(=O)[O-])c2c1.[Zn+2].[Zn+2]. The van der Waals surface area contributed by atoms with Gasteiger partial charge in [-0.2, -0.15) is 0 Å². The number of hydrogen-bond donors (Lipinski definition) is 0. The van der Waals surface area contributed by atoms with Crippen molar-refractivity contribution in [3.05, 3.63) is 46.5 Å². The molecule has 26 heavy (non-hydrogen) atoms. The van der Waals surface area contributed by atoms with Crippen molar-refractivity contribution in [1.82, 2.24) is 0 Å². The van der Waals surface area contributed by atoms with E-state index in [2.05, 4.69) is 0 Å². The Hall–Kier alpha value is -2.25. The van der Waals surface area contributed by atoms with E-state index < -0.39 is 46.1 Å². The first-order valence-corrected chi connectivity index (χ1v) is 5.69. The summed E-state index contributed by atoms with van der Waals surface area (Å²) in [6.45, 7) is 0. The third kappa shape index (κ3) is 5.37. The summed E-state index contributed by atoms with van der Waals surface area (Å²) in [7, 11) is 0. The van der Waals surface area contributed by atoms with Gasteiger partial charge in [0.25, 0.3) is 0 Å². The molecule has 0 aliphatic heterocycles. The topological polar surface area (TPSA) is 224 Å². The Morgan fingerprint density at radius 2 is 0.808 bits per heavy atom. The average Bonchev–Trinajstić information content (AvgIpc) is 2.44. The first-order chi connectivity index (χ1) is 10.2. The Morgan fingerprint density at radius 1 is 0.538 bits per heavy atom. The predicted molar refractivity (Wildman–Crippen MR) is 68.5 cm³/mol. The molecule has 10 nitrogen and oxygen atoms in total. The smallest absolute Gasteiger partial charge is 0.545 e. The fourth-order valence-electron chi connectivity index (χ4n) is 2.04. The summed E-state index contributed by atoms with van der Waals surface area (Å²) in [6, 6.07) is 3.07. The van der Waals surface area contributed by atoms with Crippen molar-refractivity contribution in [2.24, 2.45) is 0 Å². The third-order valence-electron chi connectivity index (χ3n) is 2.98. The van der Waals surface area contributed by atoms with Crippen LogP contribution < -0.4 is 20.4 Å². The van der Waals surface area contributed by atoms with Gasteiger partial charge in [0.2, 0.25) is 0 Å². The van der Waals surface area contributed by atoms with Crippen molar-refractivity contribution in [1.29, 1.82) is 0 Å². The minimum absolute atomic E-state index is 0. The molecule has 0 saturated carbocycles. The van der Waals surface area contributed by atoms with Crippen LogP contribution in [0.25, 0.3) is 10.8 Å². The minimum Gasteiger partial charge on any atom is -0.545 e. The zero-order valence-electron chi connectivity index (χ0n) is 13.0. The molecule has 0 radical (unpaired) electrons. The molecule has 0 fully saturated rings. The van der Waals surface area contributed by atoms with Crippen LogP contribution in [-0.4, -0.2) is 34.8 Å². The molecule has 0 amide bonds. The summed E-state index contributed by atoms with van der Waals surface area (Å²) in [6.07, 6.45) is 0. The zero-order chi connectivity index (χ0) is 16.6. The van der Waals surface area contributed by atoms with Gasteiger partial charge >= 0.3 is 39.0 Å². The summed E-state index contributed by atoms with van der Waals surface area (Å²) in [5.74, 6) is -7.10. The molecule has 12 heteroatoms. The van der Waals surface area contributed by atoms with Gasteiger partial charge in [-0.3, -0.25) is 0 Å². The van der Waals surface area contributed by atoms with Crippen molar-refractivity contribution >= 4 is 34.6 Å². The van der Waals surface area contributed by atoms with Gasteiger partial charge in [0.1, 0.15) is 0 Å². The molecule has 0 saturated heterocycles. The van der Waals surface area contributed by atoms with Gasteiger partial charge in [0, 0.05) is 11.1 Å². The number of carbonyl (C=O) groups excluding carboxylic acids is 4. The van der Waals surface area contributed by atoms with Crippen molar-refractivity contribution < 1.29 is 89.5 Å². The molecule has 0 heterocycles. The second kappa shape index (κ2) is 10.7. The largest absolute Gasteiger partial charge is 2.00 e. The number of aromatic carboxylic acids is 4. The van der Waals surface area contributed by atoms with Crippen LogP contribution in [0.3, 0.4) is 0 Å². The molecule has 4 N–H and O–H groups in total. The van der Waals surface area contributed by atoms with Gasteiger partial charge in [-0.25, -0.2) is 0 Å². The maximum atomic E-state index is 11.1. The van der Waals surface area contributed by atoms with E-state index in [9.17, 15) is 39.6 Å². The van der Waals surface area contributed by atoms with Crippen molar-refractivity contribution in [3.63, 3.8) is 0 Å². The molecular weight excluding hydrogens is 459 g/mol. The molecule has 2 rings (SSSR count). The molecule has 0 aromatic heterocycles. The molecule has 0 aliphatic rings. The second-order valence-corrected chi connectivity index (χ2v) is 4.29. The summed E-state index contributed by atoms with van der Waals surface area (Å²) in [4.78, 5) is 44.0. The minimum atomic E-state index is -1.81. The van der Waals surface area contributed by atoms with Crippen molar-refractivity contribution in [2.75, 3.05) is 0 Å². The van der Waals surface area contributed by atoms with Gasteiger partial charge in [0.15, 0.2) is 0 Å². The van der Waals surface area contributed by atoms with Gasteiger partial charge < -0.3 is 50.6 Å². The van der Waals surface area contributed by atoms with Crippen LogP contribution in [0.4, 0.5) is 0 Å². The van der Waals surface area contributed by atoms with Crippen molar-refractivity contribution in [3.8, 4) is 0 Å². The summed E-state index contributed by atoms with van der Waals surface area (Å²) in [5.41, 5.74) is -2.59. The van der Waals surface area contributed by atoms with E-state index in [1.54, 1.807) is 0 Å². The molecule has 128 valence electrons. The summed E-state index contributed by atoms with van der Waals surface area (Å²) < 4.78 is 0. The van der Waals surface area contributed by atoms with Crippen LogP contribution in [0.15, 0.2) is 24.3 Å². The fraction of sp³-hybridized carbons (Fsp3) is 0. The number of carboxylic acid groups (broad SMARTS) is 4. The molecule has 0 bridgehead atoms. The quantitative estimate of drug-likeness (QED) is 0.394. The molecule has 0 spiro atoms. The normalized spacial score (nSPS) is 8.77. The second-order valence-electron chi connectivity index (χ2n) is 4.29. The Balaban J connectivity index is -0.00000132. The van der Waals surface area contributed by atoms with E-state index in [4.69, 9.17) is 0 Å². The van der Waals surface area contributed by atoms with Crippen LogP contribution >= 0.6 is 0 Å². The molecule has 0 unspecified atom stereocenters. The number of hydrogen-bond acceptors (Lipinski definition) is 8. The standard InChI is InChI=1S/C14H8O8.2H2O.2Zn/c15-11(16)5-1-7-8(10(3-5)14(21)22)2-6(12(17)18)4-9(7)13(19)20;;;;/h1-4H,(H,15,16)(H,17,18)(H,19,20)(H,21,22);2*1H2;;/q;;;2*+2/p-4. The van der Waals surface area contributed by atoms with E-state index in [1.807, 2.05) is 0 Å². The van der Waals surface area contributed by atoms with Crippen LogP contribution in [0.2, 0.25) is 0 Å². The third-order valence-corrected chi connectivity index (χ3v) is 2.98. The summed E-state index contributed by atoms with van der Waals surface area (Å²) >= 11 is 0. The Bertz CT molecular complexity index is 791. The molecule has 2 aromatic carbocycles. The van der Waals surface area contributed by atoms with Crippen LogP contribution in [0.1, 0.15) is 41.4 Å². The number of carbonyl (C=O) groups is 4. The summed E-state index contributed by atoms with van der Waals surface area (Å²) in [5, 5.41) is 43.3. The van der Waals surface area contributed by atoms with E-state index in [0.29, 0.717) is 12.1 Å². The van der Waals surface area contributed by atoms with Gasteiger partial charge in [0.05, 0.1) is 23.9 Å². The van der Waals surface area contributed by atoms with E-state index in [-0.39, 0.29) is 60.7 Å². The maximum absolute atomic E-state index is 11.1. The van der Waals surface area contributed by atoms with E-state index in [0.717, 1.165) is 12.1 Å². The van der Waals surface area contributed by atoms with E-state index in [1.165, 1.54) is 0 Å². The molecular formula is C14H8O10Zn2. The molecule has 0 atom stereocenters. The Morgan fingerprint density at radius 3 is 1.00 bits per heavy atom. The van der Waals surface area contributed by atoms with Crippen LogP contribution in [0, 0.1) is 0 Å². The number of benzene rings is 2. The number of rotatable bonds is 4. The fourth-order valence-corrected chi connectivity index (χ4v) is 2.04. The average molecular weight is 467 g/mol. The molecule has 0 aliphatic carbocycles. The Kier molecular flexibility index (Phi) is 11.7. The number of carboxylic acids is 4.